The summed E-state index contributed by atoms with van der Waals surface area (Å²) in [7, 11) is 0. The van der Waals surface area contributed by atoms with Crippen LogP contribution in [0.3, 0.4) is 0 Å². The minimum absolute atomic E-state index is 0.730. The summed E-state index contributed by atoms with van der Waals surface area (Å²) in [5.74, 6) is 0.730. The van der Waals surface area contributed by atoms with Crippen LogP contribution in [-0.2, 0) is 6.54 Å². The van der Waals surface area contributed by atoms with Crippen LogP contribution in [0.15, 0.2) is 22.7 Å². The fourth-order valence-electron chi connectivity index (χ4n) is 1.20. The predicted molar refractivity (Wildman–Crippen MR) is 57.6 cm³/mol. The second-order valence-electron chi connectivity index (χ2n) is 3.20. The van der Waals surface area contributed by atoms with E-state index in [-0.39, 0.29) is 0 Å². The fourth-order valence-corrected chi connectivity index (χ4v) is 2.03. The van der Waals surface area contributed by atoms with E-state index in [1.165, 1.54) is 9.75 Å². The Morgan fingerprint density at radius 1 is 1.43 bits per heavy atom. The standard InChI is InChI=1S/C10H12N2OS/c1-7-5-10(13-12-7)11-6-9-4-3-8(2)14-9/h3-5,11H,6H2,1-2H3. The number of aryl methyl sites for hydroxylation is 2. The molecule has 0 saturated carbocycles. The van der Waals surface area contributed by atoms with Gasteiger partial charge in [-0.2, -0.15) is 0 Å². The highest BCUT2D eigenvalue weighted by atomic mass is 32.1. The average Bonchev–Trinajstić information content (AvgIpc) is 2.72. The molecule has 14 heavy (non-hydrogen) atoms. The molecule has 2 rings (SSSR count). The number of anilines is 1. The second-order valence-corrected chi connectivity index (χ2v) is 4.57. The molecular formula is C10H12N2OS. The summed E-state index contributed by atoms with van der Waals surface area (Å²) in [6, 6.07) is 6.13. The van der Waals surface area contributed by atoms with E-state index in [1.807, 2.05) is 13.0 Å². The summed E-state index contributed by atoms with van der Waals surface area (Å²) in [5, 5.41) is 6.98. The van der Waals surface area contributed by atoms with Gasteiger partial charge in [0.25, 0.3) is 0 Å². The van der Waals surface area contributed by atoms with Gasteiger partial charge in [-0.3, -0.25) is 0 Å². The summed E-state index contributed by atoms with van der Waals surface area (Å²) in [6.45, 7) is 4.81. The molecule has 4 heteroatoms. The van der Waals surface area contributed by atoms with Gasteiger partial charge in [-0.1, -0.05) is 5.16 Å². The molecule has 0 aliphatic carbocycles. The van der Waals surface area contributed by atoms with Crippen molar-refractivity contribution in [2.75, 3.05) is 5.32 Å². The van der Waals surface area contributed by atoms with Crippen molar-refractivity contribution in [1.82, 2.24) is 5.16 Å². The van der Waals surface area contributed by atoms with Gasteiger partial charge < -0.3 is 9.84 Å². The molecule has 0 radical (unpaired) electrons. The maximum atomic E-state index is 5.04. The van der Waals surface area contributed by atoms with Crippen LogP contribution >= 0.6 is 11.3 Å². The van der Waals surface area contributed by atoms with Gasteiger partial charge in [-0.15, -0.1) is 11.3 Å². The third kappa shape index (κ3) is 2.14. The zero-order valence-electron chi connectivity index (χ0n) is 8.20. The Balaban J connectivity index is 1.94. The van der Waals surface area contributed by atoms with E-state index in [4.69, 9.17) is 4.52 Å². The highest BCUT2D eigenvalue weighted by Crippen LogP contribution is 2.17. The third-order valence-corrected chi connectivity index (χ3v) is 2.86. The highest BCUT2D eigenvalue weighted by Gasteiger charge is 2.00. The quantitative estimate of drug-likeness (QED) is 0.842. The molecule has 1 N–H and O–H groups in total. The van der Waals surface area contributed by atoms with Gasteiger partial charge in [0, 0.05) is 15.8 Å². The largest absolute Gasteiger partial charge is 0.349 e. The molecule has 2 heterocycles. The summed E-state index contributed by atoms with van der Waals surface area (Å²) in [4.78, 5) is 2.63. The van der Waals surface area contributed by atoms with E-state index in [9.17, 15) is 0 Å². The predicted octanol–water partition coefficient (Wildman–Crippen LogP) is 2.97. The minimum atomic E-state index is 0.730. The van der Waals surface area contributed by atoms with Crippen LogP contribution in [0.4, 0.5) is 5.88 Å². The molecule has 2 aromatic heterocycles. The van der Waals surface area contributed by atoms with E-state index < -0.39 is 0 Å². The van der Waals surface area contributed by atoms with Gasteiger partial charge >= 0.3 is 0 Å². The van der Waals surface area contributed by atoms with Crippen molar-refractivity contribution in [2.45, 2.75) is 20.4 Å². The number of hydrogen-bond donors (Lipinski definition) is 1. The van der Waals surface area contributed by atoms with E-state index in [1.54, 1.807) is 11.3 Å². The number of nitrogens with zero attached hydrogens (tertiary/aromatic N) is 1. The molecule has 0 aliphatic rings. The van der Waals surface area contributed by atoms with Crippen LogP contribution in [0.5, 0.6) is 0 Å². The first-order valence-corrected chi connectivity index (χ1v) is 5.28. The summed E-state index contributed by atoms with van der Waals surface area (Å²) < 4.78 is 5.04. The van der Waals surface area contributed by atoms with Crippen molar-refractivity contribution in [1.29, 1.82) is 0 Å². The Labute approximate surface area is 86.7 Å². The van der Waals surface area contributed by atoms with Crippen LogP contribution in [0.1, 0.15) is 15.4 Å². The number of thiophene rings is 1. The number of rotatable bonds is 3. The first kappa shape index (κ1) is 9.27. The van der Waals surface area contributed by atoms with Crippen molar-refractivity contribution in [3.63, 3.8) is 0 Å². The van der Waals surface area contributed by atoms with Gasteiger partial charge in [0.05, 0.1) is 12.2 Å². The molecule has 0 atom stereocenters. The first-order chi connectivity index (χ1) is 6.74. The third-order valence-electron chi connectivity index (χ3n) is 1.86. The summed E-state index contributed by atoms with van der Waals surface area (Å²) in [5.41, 5.74) is 0.898. The minimum Gasteiger partial charge on any atom is -0.349 e. The first-order valence-electron chi connectivity index (χ1n) is 4.46. The molecule has 0 aromatic carbocycles. The van der Waals surface area contributed by atoms with Gasteiger partial charge in [-0.25, -0.2) is 0 Å². The molecule has 0 amide bonds. The topological polar surface area (TPSA) is 38.1 Å². The Bertz CT molecular complexity index is 379. The van der Waals surface area contributed by atoms with Crippen LogP contribution in [-0.4, -0.2) is 5.16 Å². The van der Waals surface area contributed by atoms with Crippen LogP contribution in [0.2, 0.25) is 0 Å². The average molecular weight is 208 g/mol. The lowest BCUT2D eigenvalue weighted by molar-refractivity contribution is 0.427. The Kier molecular flexibility index (Phi) is 2.54. The van der Waals surface area contributed by atoms with Crippen molar-refractivity contribution in [3.8, 4) is 0 Å². The fraction of sp³-hybridized carbons (Fsp3) is 0.300. The zero-order chi connectivity index (χ0) is 9.97. The number of aromatic nitrogens is 1. The lowest BCUT2D eigenvalue weighted by Crippen LogP contribution is -1.95. The van der Waals surface area contributed by atoms with Crippen molar-refractivity contribution in [3.05, 3.63) is 33.6 Å². The molecular weight excluding hydrogens is 196 g/mol. The van der Waals surface area contributed by atoms with Crippen molar-refractivity contribution >= 4 is 17.2 Å². The van der Waals surface area contributed by atoms with Crippen LogP contribution in [0, 0.1) is 13.8 Å². The maximum Gasteiger partial charge on any atom is 0.225 e. The lowest BCUT2D eigenvalue weighted by Gasteiger charge is -1.97. The molecule has 0 bridgehead atoms. The molecule has 3 nitrogen and oxygen atoms in total. The second kappa shape index (κ2) is 3.84. The molecule has 0 saturated heterocycles. The Morgan fingerprint density at radius 2 is 2.29 bits per heavy atom. The number of hydrogen-bond acceptors (Lipinski definition) is 4. The van der Waals surface area contributed by atoms with Gasteiger partial charge in [-0.05, 0) is 26.0 Å². The normalized spacial score (nSPS) is 10.4. The molecule has 0 fully saturated rings. The molecule has 0 spiro atoms. The van der Waals surface area contributed by atoms with Gasteiger partial charge in [0.15, 0.2) is 0 Å². The van der Waals surface area contributed by atoms with E-state index in [0.717, 1.165) is 18.1 Å². The van der Waals surface area contributed by atoms with Crippen LogP contribution < -0.4 is 5.32 Å². The summed E-state index contributed by atoms with van der Waals surface area (Å²) >= 11 is 1.79. The molecule has 0 unspecified atom stereocenters. The van der Waals surface area contributed by atoms with E-state index in [0.29, 0.717) is 0 Å². The maximum absolute atomic E-state index is 5.04. The van der Waals surface area contributed by atoms with Crippen LogP contribution in [0.25, 0.3) is 0 Å². The highest BCUT2D eigenvalue weighted by molar-refractivity contribution is 7.11. The Morgan fingerprint density at radius 3 is 2.86 bits per heavy atom. The molecule has 2 aromatic rings. The van der Waals surface area contributed by atoms with Crippen molar-refractivity contribution < 1.29 is 4.52 Å². The lowest BCUT2D eigenvalue weighted by atomic mass is 10.4. The van der Waals surface area contributed by atoms with Gasteiger partial charge in [0.2, 0.25) is 5.88 Å². The zero-order valence-corrected chi connectivity index (χ0v) is 9.02. The smallest absolute Gasteiger partial charge is 0.225 e. The number of nitrogens with one attached hydrogen (secondary N) is 1. The van der Waals surface area contributed by atoms with E-state index >= 15 is 0 Å². The van der Waals surface area contributed by atoms with Gasteiger partial charge in [0.1, 0.15) is 0 Å². The van der Waals surface area contributed by atoms with Crippen molar-refractivity contribution in [2.24, 2.45) is 0 Å². The van der Waals surface area contributed by atoms with E-state index in [2.05, 4.69) is 29.5 Å². The monoisotopic (exact) mass is 208 g/mol. The summed E-state index contributed by atoms with van der Waals surface area (Å²) in [6.07, 6.45) is 0. The molecule has 74 valence electrons. The Hall–Kier alpha value is -1.29. The SMILES string of the molecule is Cc1cc(NCc2ccc(C)s2)on1. The molecule has 0 aliphatic heterocycles.